The number of fused-ring (bicyclic) bond motifs is 5. The fourth-order valence-electron chi connectivity index (χ4n) is 8.38. The summed E-state index contributed by atoms with van der Waals surface area (Å²) < 4.78 is 92.4. The summed E-state index contributed by atoms with van der Waals surface area (Å²) in [5.74, 6) is 0.620. The summed E-state index contributed by atoms with van der Waals surface area (Å²) in [5.41, 5.74) is -2.33. The number of piperazine rings is 1. The van der Waals surface area contributed by atoms with Crippen LogP contribution in [0, 0.1) is 24.0 Å². The predicted molar refractivity (Wildman–Crippen MR) is 174 cm³/mol. The van der Waals surface area contributed by atoms with Gasteiger partial charge in [0.2, 0.25) is 0 Å². The lowest BCUT2D eigenvalue weighted by molar-refractivity contribution is 0.108. The number of terminal acetylenes is 1. The van der Waals surface area contributed by atoms with Crippen LogP contribution in [-0.4, -0.2) is 74.9 Å². The molecule has 0 spiro atoms. The van der Waals surface area contributed by atoms with Crippen LogP contribution in [0.4, 0.5) is 32.2 Å². The molecule has 0 amide bonds. The van der Waals surface area contributed by atoms with Gasteiger partial charge in [-0.2, -0.15) is 27.5 Å². The highest BCUT2D eigenvalue weighted by Gasteiger charge is 2.49. The third kappa shape index (κ3) is 5.30. The monoisotopic (exact) mass is 692 g/mol. The van der Waals surface area contributed by atoms with E-state index in [0.717, 1.165) is 18.6 Å². The minimum Gasteiger partial charge on any atom is -0.508 e. The van der Waals surface area contributed by atoms with Crippen LogP contribution >= 0.6 is 0 Å². The molecule has 2 aromatic heterocycles. The maximum Gasteiger partial charge on any atom is 0.319 e. The van der Waals surface area contributed by atoms with Crippen molar-refractivity contribution in [2.24, 2.45) is 0 Å². The van der Waals surface area contributed by atoms with Gasteiger partial charge in [0, 0.05) is 54.5 Å². The fraction of sp³-hybridized carbons (Fsp3) is 0.361. The number of hydrogen-bond acceptors (Lipinski definition) is 8. The van der Waals surface area contributed by atoms with Crippen molar-refractivity contribution in [1.82, 2.24) is 25.2 Å². The van der Waals surface area contributed by atoms with E-state index in [0.29, 0.717) is 37.7 Å². The van der Waals surface area contributed by atoms with Crippen molar-refractivity contribution in [1.29, 1.82) is 0 Å². The molecule has 3 atom stereocenters. The van der Waals surface area contributed by atoms with E-state index in [1.807, 2.05) is 4.90 Å². The van der Waals surface area contributed by atoms with Crippen molar-refractivity contribution in [2.75, 3.05) is 37.7 Å². The van der Waals surface area contributed by atoms with E-state index in [1.165, 1.54) is 24.4 Å². The number of anilines is 1. The summed E-state index contributed by atoms with van der Waals surface area (Å²) in [6.07, 6.45) is 6.94. The number of phenolic OH excluding ortho intramolecular Hbond substituents is 1. The first kappa shape index (κ1) is 32.3. The van der Waals surface area contributed by atoms with Crippen molar-refractivity contribution in [2.45, 2.75) is 49.2 Å². The molecule has 258 valence electrons. The van der Waals surface area contributed by atoms with E-state index in [4.69, 9.17) is 11.2 Å². The molecule has 8 nitrogen and oxygen atoms in total. The molecule has 0 radical (unpaired) electrons. The molecule has 4 aromatic rings. The highest BCUT2D eigenvalue weighted by Crippen LogP contribution is 2.44. The number of phenols is 1. The van der Waals surface area contributed by atoms with Gasteiger partial charge in [-0.05, 0) is 62.2 Å². The van der Waals surface area contributed by atoms with E-state index in [2.05, 4.69) is 26.2 Å². The summed E-state index contributed by atoms with van der Waals surface area (Å²) in [4.78, 5) is 17.2. The van der Waals surface area contributed by atoms with Crippen LogP contribution < -0.4 is 15.0 Å². The number of aromatic nitrogens is 3. The first-order valence-corrected chi connectivity index (χ1v) is 16.2. The largest absolute Gasteiger partial charge is 0.508 e. The standard InChI is InChI=1S/C36H30F6N6O2/c1-2-23-26(37)5-4-19-10-22(49)11-24(28(19)23)30-29(40)31-25(14-43-30)33(47-16-21-6-8-35(17-47,46-21)13-27(38)39)45-34(44-31)50-18-36-7-3-9-48(36)15-20(12-36)32(41)42/h1,4-5,10-11,13-14,21,46,49H,3,6-9,12,15-18H2/t21-,35-,36+/m0/s1. The van der Waals surface area contributed by atoms with Crippen molar-refractivity contribution >= 4 is 27.5 Å². The number of nitrogens with zero attached hydrogens (tertiary/aromatic N) is 5. The molecule has 50 heavy (non-hydrogen) atoms. The molecular weight excluding hydrogens is 662 g/mol. The van der Waals surface area contributed by atoms with Gasteiger partial charge >= 0.3 is 6.01 Å². The quantitative estimate of drug-likeness (QED) is 0.171. The van der Waals surface area contributed by atoms with Gasteiger partial charge in [0.1, 0.15) is 35.2 Å². The Hall–Kier alpha value is -4.87. The topological polar surface area (TPSA) is 86.6 Å². The zero-order valence-electron chi connectivity index (χ0n) is 26.5. The number of pyridine rings is 1. The van der Waals surface area contributed by atoms with Gasteiger partial charge in [-0.15, -0.1) is 6.42 Å². The number of nitrogens with one attached hydrogen (secondary N) is 1. The molecule has 8 rings (SSSR count). The Kier molecular flexibility index (Phi) is 7.68. The second kappa shape index (κ2) is 11.9. The summed E-state index contributed by atoms with van der Waals surface area (Å²) in [5, 5.41) is 14.5. The van der Waals surface area contributed by atoms with Crippen molar-refractivity contribution in [3.05, 3.63) is 71.5 Å². The summed E-state index contributed by atoms with van der Waals surface area (Å²) in [7, 11) is 0. The molecule has 0 aliphatic carbocycles. The molecule has 4 saturated heterocycles. The van der Waals surface area contributed by atoms with E-state index in [9.17, 15) is 27.1 Å². The molecule has 2 N–H and O–H groups in total. The van der Waals surface area contributed by atoms with Crippen LogP contribution in [-0.2, 0) is 0 Å². The Morgan fingerprint density at radius 3 is 2.78 bits per heavy atom. The van der Waals surface area contributed by atoms with E-state index >= 15 is 4.39 Å². The number of ether oxygens (including phenoxy) is 1. The summed E-state index contributed by atoms with van der Waals surface area (Å²) in [6, 6.07) is 4.78. The lowest BCUT2D eigenvalue weighted by Gasteiger charge is -2.40. The SMILES string of the molecule is C#Cc1c(F)ccc2cc(O)cc(-c3ncc4c(N5C[C@@H]6CC[C@](C=C(F)F)(C5)N6)nc(OC[C@]56CCCN5CC(=C(F)F)C6)nc4c3F)c12. The molecule has 6 heterocycles. The zero-order chi connectivity index (χ0) is 34.9. The van der Waals surface area contributed by atoms with Crippen LogP contribution in [0.25, 0.3) is 32.9 Å². The average Bonchev–Trinajstić information content (AvgIpc) is 3.73. The van der Waals surface area contributed by atoms with Crippen LogP contribution in [0.1, 0.15) is 37.7 Å². The van der Waals surface area contributed by atoms with E-state index in [1.54, 1.807) is 4.90 Å². The Balaban J connectivity index is 1.28. The molecule has 0 unspecified atom stereocenters. The van der Waals surface area contributed by atoms with Crippen LogP contribution in [0.5, 0.6) is 11.8 Å². The lowest BCUT2D eigenvalue weighted by atomic mass is 9.94. The second-order valence-corrected chi connectivity index (χ2v) is 13.6. The number of halogens is 6. The molecule has 14 heteroatoms. The minimum absolute atomic E-state index is 0.0243. The average molecular weight is 693 g/mol. The van der Waals surface area contributed by atoms with E-state index in [-0.39, 0.29) is 88.4 Å². The zero-order valence-corrected chi connectivity index (χ0v) is 26.5. The highest BCUT2D eigenvalue weighted by atomic mass is 19.3. The normalized spacial score (nSPS) is 24.5. The summed E-state index contributed by atoms with van der Waals surface area (Å²) >= 11 is 0. The molecule has 4 fully saturated rings. The van der Waals surface area contributed by atoms with Gasteiger partial charge in [0.05, 0.1) is 22.0 Å². The number of rotatable bonds is 6. The van der Waals surface area contributed by atoms with Crippen molar-refractivity contribution in [3.63, 3.8) is 0 Å². The molecule has 2 aromatic carbocycles. The first-order chi connectivity index (χ1) is 24.0. The van der Waals surface area contributed by atoms with Gasteiger partial charge in [-0.3, -0.25) is 9.88 Å². The molecule has 2 bridgehead atoms. The number of benzene rings is 2. The van der Waals surface area contributed by atoms with Crippen LogP contribution in [0.15, 0.2) is 54.3 Å². The smallest absolute Gasteiger partial charge is 0.319 e. The Bertz CT molecular complexity index is 2180. The first-order valence-electron chi connectivity index (χ1n) is 16.2. The predicted octanol–water partition coefficient (Wildman–Crippen LogP) is 6.67. The van der Waals surface area contributed by atoms with E-state index < -0.39 is 34.9 Å². The molecular formula is C36H30F6N6O2. The van der Waals surface area contributed by atoms with Crippen LogP contribution in [0.2, 0.25) is 0 Å². The molecule has 4 aliphatic rings. The van der Waals surface area contributed by atoms with Crippen molar-refractivity contribution < 1.29 is 36.2 Å². The maximum absolute atomic E-state index is 16.9. The third-order valence-electron chi connectivity index (χ3n) is 10.5. The van der Waals surface area contributed by atoms with Gasteiger partial charge in [0.25, 0.3) is 12.2 Å². The number of aromatic hydroxyl groups is 1. The van der Waals surface area contributed by atoms with Gasteiger partial charge in [-0.25, -0.2) is 8.78 Å². The Morgan fingerprint density at radius 1 is 1.16 bits per heavy atom. The highest BCUT2D eigenvalue weighted by molar-refractivity contribution is 6.03. The molecule has 4 aliphatic heterocycles. The second-order valence-electron chi connectivity index (χ2n) is 13.6. The van der Waals surface area contributed by atoms with Gasteiger partial charge < -0.3 is 20.1 Å². The summed E-state index contributed by atoms with van der Waals surface area (Å²) in [6.45, 7) is 1.15. The molecule has 0 saturated carbocycles. The fourth-order valence-corrected chi connectivity index (χ4v) is 8.38. The van der Waals surface area contributed by atoms with Crippen molar-refractivity contribution in [3.8, 4) is 35.4 Å². The van der Waals surface area contributed by atoms with Crippen LogP contribution in [0.3, 0.4) is 0 Å². The Labute approximate surface area is 282 Å². The Morgan fingerprint density at radius 2 is 2.00 bits per heavy atom. The minimum atomic E-state index is -1.83. The van der Waals surface area contributed by atoms with Gasteiger partial charge in [0.15, 0.2) is 5.82 Å². The third-order valence-corrected chi connectivity index (χ3v) is 10.5. The maximum atomic E-state index is 16.9. The van der Waals surface area contributed by atoms with Gasteiger partial charge in [-0.1, -0.05) is 12.0 Å². The number of hydrogen-bond donors (Lipinski definition) is 2. The lowest BCUT2D eigenvalue weighted by Crippen LogP contribution is -2.59.